The fourth-order valence-electron chi connectivity index (χ4n) is 5.05. The van der Waals surface area contributed by atoms with Crippen LogP contribution in [-0.4, -0.2) is 36.1 Å². The summed E-state index contributed by atoms with van der Waals surface area (Å²) < 4.78 is 0. The highest BCUT2D eigenvalue weighted by atomic mass is 15.3. The topological polar surface area (TPSA) is 37.6 Å². The lowest BCUT2D eigenvalue weighted by molar-refractivity contribution is -1.03. The third kappa shape index (κ3) is 3.76. The number of H-pyrrole nitrogens is 1. The Bertz CT molecular complexity index is 1100. The number of piperazine rings is 1. The molecule has 0 amide bonds. The van der Waals surface area contributed by atoms with Gasteiger partial charge in [0, 0.05) is 33.9 Å². The molecule has 4 nitrogen and oxygen atoms in total. The van der Waals surface area contributed by atoms with E-state index in [2.05, 4.69) is 78.6 Å². The van der Waals surface area contributed by atoms with Crippen molar-refractivity contribution in [1.29, 1.82) is 0 Å². The minimum atomic E-state index is 0.264. The molecule has 5 rings (SSSR count). The van der Waals surface area contributed by atoms with Gasteiger partial charge in [0.25, 0.3) is 0 Å². The van der Waals surface area contributed by atoms with Gasteiger partial charge in [-0.15, -0.1) is 0 Å². The van der Waals surface area contributed by atoms with Crippen LogP contribution in [-0.2, 0) is 6.54 Å². The molecule has 0 bridgehead atoms. The zero-order valence-corrected chi connectivity index (χ0v) is 17.6. The fraction of sp³-hybridized carbons (Fsp3) is 0.269. The van der Waals surface area contributed by atoms with Crippen LogP contribution in [0, 0.1) is 6.92 Å². The van der Waals surface area contributed by atoms with Gasteiger partial charge in [-0.05, 0) is 25.1 Å². The Kier molecular flexibility index (Phi) is 5.35. The van der Waals surface area contributed by atoms with Gasteiger partial charge in [0.15, 0.2) is 6.04 Å². The number of aromatic nitrogens is 2. The minimum absolute atomic E-state index is 0.264. The lowest BCUT2D eigenvalue weighted by Crippen LogP contribution is -3.27. The van der Waals surface area contributed by atoms with E-state index < -0.39 is 0 Å². The zero-order chi connectivity index (χ0) is 20.3. The Labute approximate surface area is 178 Å². The molecular formula is C26H30N4+2. The lowest BCUT2D eigenvalue weighted by atomic mass is 9.97. The van der Waals surface area contributed by atoms with Crippen LogP contribution in [0.4, 0.5) is 0 Å². The maximum Gasteiger partial charge on any atom is 0.159 e. The first-order valence-electron chi connectivity index (χ1n) is 11.0. The van der Waals surface area contributed by atoms with Crippen LogP contribution in [0.2, 0.25) is 0 Å². The van der Waals surface area contributed by atoms with Crippen molar-refractivity contribution in [2.75, 3.05) is 26.2 Å². The van der Waals surface area contributed by atoms with E-state index in [-0.39, 0.29) is 6.04 Å². The molecule has 1 aliphatic rings. The Morgan fingerprint density at radius 2 is 1.60 bits per heavy atom. The van der Waals surface area contributed by atoms with Gasteiger partial charge in [0.1, 0.15) is 38.4 Å². The maximum absolute atomic E-state index is 4.80. The second-order valence-corrected chi connectivity index (χ2v) is 8.47. The summed E-state index contributed by atoms with van der Waals surface area (Å²) in [5.74, 6) is 0. The van der Waals surface area contributed by atoms with Crippen LogP contribution < -0.4 is 9.80 Å². The van der Waals surface area contributed by atoms with Crippen LogP contribution in [0.15, 0.2) is 79.0 Å². The average Bonchev–Trinajstić information content (AvgIpc) is 3.12. The number of hydrogen-bond acceptors (Lipinski definition) is 1. The molecule has 152 valence electrons. The maximum atomic E-state index is 4.80. The molecule has 2 aromatic carbocycles. The molecule has 0 saturated carbocycles. The number of hydrogen-bond donors (Lipinski definition) is 3. The van der Waals surface area contributed by atoms with Gasteiger partial charge in [-0.25, -0.2) is 0 Å². The fourth-order valence-corrected chi connectivity index (χ4v) is 5.05. The van der Waals surface area contributed by atoms with E-state index in [1.54, 1.807) is 9.80 Å². The largest absolute Gasteiger partial charge is 0.358 e. The summed E-state index contributed by atoms with van der Waals surface area (Å²) in [5, 5.41) is 1.33. The number of benzene rings is 2. The van der Waals surface area contributed by atoms with Crippen molar-refractivity contribution >= 4 is 10.9 Å². The lowest BCUT2D eigenvalue weighted by Gasteiger charge is -2.34. The van der Waals surface area contributed by atoms with E-state index >= 15 is 0 Å². The van der Waals surface area contributed by atoms with Crippen molar-refractivity contribution in [2.24, 2.45) is 0 Å². The number of para-hydroxylation sites is 1. The van der Waals surface area contributed by atoms with Crippen LogP contribution in [0.25, 0.3) is 10.9 Å². The molecule has 4 heteroatoms. The molecular weight excluding hydrogens is 368 g/mol. The molecule has 2 aromatic heterocycles. The molecule has 3 N–H and O–H groups in total. The van der Waals surface area contributed by atoms with Gasteiger partial charge in [-0.3, -0.25) is 4.98 Å². The molecule has 0 spiro atoms. The third-order valence-corrected chi connectivity index (χ3v) is 6.52. The summed E-state index contributed by atoms with van der Waals surface area (Å²) in [6.07, 6.45) is 1.93. The minimum Gasteiger partial charge on any atom is -0.358 e. The molecule has 30 heavy (non-hydrogen) atoms. The first-order valence-corrected chi connectivity index (χ1v) is 11.0. The Morgan fingerprint density at radius 1 is 0.867 bits per heavy atom. The molecule has 0 unspecified atom stereocenters. The molecule has 4 aromatic rings. The quantitative estimate of drug-likeness (QED) is 0.472. The highest BCUT2D eigenvalue weighted by molar-refractivity contribution is 5.85. The van der Waals surface area contributed by atoms with E-state index in [0.717, 1.165) is 19.6 Å². The normalized spacial score (nSPS) is 20.3. The highest BCUT2D eigenvalue weighted by Gasteiger charge is 2.35. The number of rotatable bonds is 5. The zero-order valence-electron chi connectivity index (χ0n) is 17.6. The van der Waals surface area contributed by atoms with E-state index in [1.165, 1.54) is 46.5 Å². The summed E-state index contributed by atoms with van der Waals surface area (Å²) in [7, 11) is 0. The van der Waals surface area contributed by atoms with Crippen molar-refractivity contribution in [3.63, 3.8) is 0 Å². The van der Waals surface area contributed by atoms with Crippen molar-refractivity contribution < 1.29 is 9.80 Å². The van der Waals surface area contributed by atoms with Crippen LogP contribution in [0.3, 0.4) is 0 Å². The number of aryl methyl sites for hydroxylation is 1. The van der Waals surface area contributed by atoms with Gasteiger partial charge < -0.3 is 14.8 Å². The first kappa shape index (κ1) is 19.0. The Morgan fingerprint density at radius 3 is 2.37 bits per heavy atom. The van der Waals surface area contributed by atoms with Gasteiger partial charge in [0.05, 0.1) is 0 Å². The summed E-state index contributed by atoms with van der Waals surface area (Å²) in [5.41, 5.74) is 6.50. The summed E-state index contributed by atoms with van der Waals surface area (Å²) in [6.45, 7) is 8.02. The standard InChI is InChI=1S/C26H28N4/c1-20-25(22-11-5-6-12-23(22)28-20)26(24-13-7-8-14-27-24)30-17-15-29(16-18-30)19-21-9-3-2-4-10-21/h2-14,26,28H,15-19H2,1H3/p+2/t26-/m0/s1. The molecule has 0 radical (unpaired) electrons. The second kappa shape index (κ2) is 8.42. The van der Waals surface area contributed by atoms with E-state index in [0.29, 0.717) is 0 Å². The molecule has 3 heterocycles. The molecule has 1 fully saturated rings. The van der Waals surface area contributed by atoms with E-state index in [1.807, 2.05) is 12.3 Å². The van der Waals surface area contributed by atoms with Gasteiger partial charge in [0.2, 0.25) is 0 Å². The van der Waals surface area contributed by atoms with Crippen LogP contribution in [0.1, 0.15) is 28.6 Å². The van der Waals surface area contributed by atoms with Crippen LogP contribution in [0.5, 0.6) is 0 Å². The number of quaternary nitrogens is 2. The number of nitrogens with one attached hydrogen (secondary N) is 3. The Balaban J connectivity index is 1.43. The van der Waals surface area contributed by atoms with E-state index in [4.69, 9.17) is 4.98 Å². The number of fused-ring (bicyclic) bond motifs is 1. The predicted octanol–water partition coefficient (Wildman–Crippen LogP) is 1.94. The van der Waals surface area contributed by atoms with Crippen molar-refractivity contribution in [3.05, 3.63) is 102 Å². The molecule has 1 aliphatic heterocycles. The van der Waals surface area contributed by atoms with Gasteiger partial charge >= 0.3 is 0 Å². The predicted molar refractivity (Wildman–Crippen MR) is 121 cm³/mol. The second-order valence-electron chi connectivity index (χ2n) is 8.47. The number of pyridine rings is 1. The van der Waals surface area contributed by atoms with Crippen molar-refractivity contribution in [2.45, 2.75) is 19.5 Å². The van der Waals surface area contributed by atoms with Crippen LogP contribution >= 0.6 is 0 Å². The molecule has 1 atom stereocenters. The van der Waals surface area contributed by atoms with Gasteiger partial charge in [-0.2, -0.15) is 0 Å². The number of nitrogens with zero attached hydrogens (tertiary/aromatic N) is 1. The first-order chi connectivity index (χ1) is 14.8. The molecule has 0 aliphatic carbocycles. The third-order valence-electron chi connectivity index (χ3n) is 6.52. The van der Waals surface area contributed by atoms with Crippen molar-refractivity contribution in [1.82, 2.24) is 9.97 Å². The summed E-state index contributed by atoms with van der Waals surface area (Å²) in [6, 6.07) is 26.2. The molecule has 1 saturated heterocycles. The van der Waals surface area contributed by atoms with E-state index in [9.17, 15) is 0 Å². The summed E-state index contributed by atoms with van der Waals surface area (Å²) >= 11 is 0. The monoisotopic (exact) mass is 398 g/mol. The average molecular weight is 399 g/mol. The highest BCUT2D eigenvalue weighted by Crippen LogP contribution is 2.29. The number of aromatic amines is 1. The van der Waals surface area contributed by atoms with Gasteiger partial charge in [-0.1, -0.05) is 54.6 Å². The SMILES string of the molecule is Cc1[nH]c2ccccc2c1[C@H](c1ccccn1)[NH+]1CC[NH+](Cc2ccccc2)CC1. The summed E-state index contributed by atoms with van der Waals surface area (Å²) in [4.78, 5) is 11.7. The smallest absolute Gasteiger partial charge is 0.159 e. The Hall–Kier alpha value is -2.95. The van der Waals surface area contributed by atoms with Crippen molar-refractivity contribution in [3.8, 4) is 0 Å².